The van der Waals surface area contributed by atoms with Gasteiger partial charge in [0.2, 0.25) is 5.95 Å². The van der Waals surface area contributed by atoms with Crippen LogP contribution in [0.4, 0.5) is 23.5 Å². The molecule has 7 nitrogen and oxygen atoms in total. The quantitative estimate of drug-likeness (QED) is 0.362. The Bertz CT molecular complexity index is 1230. The number of hydrogen-bond donors (Lipinski definition) is 2. The summed E-state index contributed by atoms with van der Waals surface area (Å²) in [4.78, 5) is 18.7. The summed E-state index contributed by atoms with van der Waals surface area (Å²) >= 11 is 0. The average molecular weight is 431 g/mol. The largest absolute Gasteiger partial charge is 0.496 e. The van der Waals surface area contributed by atoms with Crippen LogP contribution < -0.4 is 15.7 Å². The Morgan fingerprint density at radius 2 is 1.97 bits per heavy atom. The third-order valence-electron chi connectivity index (χ3n) is 4.08. The Balaban J connectivity index is 1.96. The van der Waals surface area contributed by atoms with E-state index in [1.807, 2.05) is 0 Å². The molecule has 158 valence electrons. The van der Waals surface area contributed by atoms with Crippen LogP contribution in [-0.4, -0.2) is 23.3 Å². The number of hydrazone groups is 1. The summed E-state index contributed by atoms with van der Waals surface area (Å²) in [6.45, 7) is 0. The minimum atomic E-state index is -4.91. The summed E-state index contributed by atoms with van der Waals surface area (Å²) in [6.07, 6.45) is -3.95. The predicted molar refractivity (Wildman–Crippen MR) is 104 cm³/mol. The van der Waals surface area contributed by atoms with Crippen molar-refractivity contribution in [2.45, 2.75) is 6.18 Å². The number of hydrogen-bond acceptors (Lipinski definition) is 6. The van der Waals surface area contributed by atoms with E-state index in [9.17, 15) is 27.6 Å². The van der Waals surface area contributed by atoms with E-state index in [1.165, 1.54) is 7.11 Å². The fourth-order valence-electron chi connectivity index (χ4n) is 2.66. The second kappa shape index (κ2) is 8.66. The highest BCUT2D eigenvalue weighted by Crippen LogP contribution is 2.34. The summed E-state index contributed by atoms with van der Waals surface area (Å²) in [7, 11) is 1.17. The molecule has 3 rings (SSSR count). The molecule has 2 N–H and O–H groups in total. The van der Waals surface area contributed by atoms with Crippen LogP contribution in [-0.2, 0) is 6.18 Å². The van der Waals surface area contributed by atoms with Crippen molar-refractivity contribution in [1.82, 2.24) is 9.97 Å². The third-order valence-corrected chi connectivity index (χ3v) is 4.08. The van der Waals surface area contributed by atoms with Gasteiger partial charge in [0.05, 0.1) is 24.6 Å². The van der Waals surface area contributed by atoms with Crippen LogP contribution in [0, 0.1) is 17.1 Å². The van der Waals surface area contributed by atoms with Crippen molar-refractivity contribution < 1.29 is 22.3 Å². The van der Waals surface area contributed by atoms with Gasteiger partial charge in [-0.05, 0) is 6.07 Å². The van der Waals surface area contributed by atoms with Crippen molar-refractivity contribution >= 4 is 12.2 Å². The maximum absolute atomic E-state index is 13.7. The van der Waals surface area contributed by atoms with Gasteiger partial charge in [0.25, 0.3) is 5.56 Å². The monoisotopic (exact) mass is 431 g/mol. The lowest BCUT2D eigenvalue weighted by atomic mass is 10.1. The molecule has 0 unspecified atom stereocenters. The molecule has 0 saturated heterocycles. The maximum Gasteiger partial charge on any atom is 0.419 e. The Kier molecular flexibility index (Phi) is 6.01. The van der Waals surface area contributed by atoms with Gasteiger partial charge in [0.15, 0.2) is 0 Å². The van der Waals surface area contributed by atoms with Gasteiger partial charge in [0, 0.05) is 17.2 Å². The number of nitrogens with one attached hydrogen (secondary N) is 2. The van der Waals surface area contributed by atoms with E-state index in [0.717, 1.165) is 6.21 Å². The number of aromatic nitrogens is 2. The van der Waals surface area contributed by atoms with E-state index in [0.29, 0.717) is 17.7 Å². The molecule has 0 fully saturated rings. The standard InChI is InChI=1S/C20H13F4N5O2/c1-31-16-8-15(21)14(20(22,23)24)7-12(16)10-26-29-19-27-17(11-5-3-2-4-6-11)13(9-25)18(30)28-19/h2-8,10H,1H3,(H2,27,28,29,30). The molecular weight excluding hydrogens is 418 g/mol. The van der Waals surface area contributed by atoms with Crippen LogP contribution in [0.3, 0.4) is 0 Å². The number of alkyl halides is 3. The molecule has 2 aromatic carbocycles. The zero-order valence-corrected chi connectivity index (χ0v) is 15.8. The van der Waals surface area contributed by atoms with Gasteiger partial charge < -0.3 is 4.74 Å². The van der Waals surface area contributed by atoms with Crippen LogP contribution in [0.1, 0.15) is 16.7 Å². The van der Waals surface area contributed by atoms with Gasteiger partial charge in [-0.3, -0.25) is 9.78 Å². The van der Waals surface area contributed by atoms with Crippen molar-refractivity contribution in [3.05, 3.63) is 75.3 Å². The van der Waals surface area contributed by atoms with Crippen LogP contribution in [0.5, 0.6) is 5.75 Å². The second-order valence-electron chi connectivity index (χ2n) is 6.06. The van der Waals surface area contributed by atoms with Gasteiger partial charge in [-0.1, -0.05) is 30.3 Å². The highest BCUT2D eigenvalue weighted by atomic mass is 19.4. The Labute approximate surface area is 172 Å². The highest BCUT2D eigenvalue weighted by Gasteiger charge is 2.35. The minimum absolute atomic E-state index is 0.100. The smallest absolute Gasteiger partial charge is 0.419 e. The van der Waals surface area contributed by atoms with E-state index >= 15 is 0 Å². The summed E-state index contributed by atoms with van der Waals surface area (Å²) in [5.74, 6) is -1.82. The normalized spacial score (nSPS) is 11.4. The fraction of sp³-hybridized carbons (Fsp3) is 0.100. The van der Waals surface area contributed by atoms with Crippen LogP contribution in [0.2, 0.25) is 0 Å². The first-order valence-electron chi connectivity index (χ1n) is 8.58. The maximum atomic E-state index is 13.7. The lowest BCUT2D eigenvalue weighted by Gasteiger charge is -2.11. The highest BCUT2D eigenvalue weighted by molar-refractivity contribution is 5.84. The first-order valence-corrected chi connectivity index (χ1v) is 8.58. The van der Waals surface area contributed by atoms with Gasteiger partial charge in [-0.25, -0.2) is 14.8 Å². The SMILES string of the molecule is COc1cc(F)c(C(F)(F)F)cc1C=NNc1nc(-c2ccccc2)c(C#N)c(=O)[nH]1. The van der Waals surface area contributed by atoms with Crippen molar-refractivity contribution in [2.24, 2.45) is 5.10 Å². The summed E-state index contributed by atoms with van der Waals surface area (Å²) in [6, 6.07) is 11.4. The zero-order chi connectivity index (χ0) is 22.6. The first kappa shape index (κ1) is 21.5. The molecule has 31 heavy (non-hydrogen) atoms. The molecule has 0 atom stereocenters. The number of nitriles is 1. The number of nitrogens with zero attached hydrogens (tertiary/aromatic N) is 3. The number of halogens is 4. The van der Waals surface area contributed by atoms with Crippen molar-refractivity contribution in [3.63, 3.8) is 0 Å². The van der Waals surface area contributed by atoms with Crippen LogP contribution >= 0.6 is 0 Å². The molecule has 0 bridgehead atoms. The van der Waals surface area contributed by atoms with Crippen LogP contribution in [0.25, 0.3) is 11.3 Å². The van der Waals surface area contributed by atoms with E-state index < -0.39 is 23.1 Å². The number of aromatic amines is 1. The molecule has 1 heterocycles. The predicted octanol–water partition coefficient (Wildman–Crippen LogP) is 3.92. The van der Waals surface area contributed by atoms with E-state index in [2.05, 4.69) is 20.5 Å². The zero-order valence-electron chi connectivity index (χ0n) is 15.8. The van der Waals surface area contributed by atoms with Crippen molar-refractivity contribution in [3.8, 4) is 23.1 Å². The Morgan fingerprint density at radius 1 is 1.26 bits per heavy atom. The molecule has 0 aliphatic heterocycles. The molecule has 0 aliphatic carbocycles. The molecule has 0 radical (unpaired) electrons. The summed E-state index contributed by atoms with van der Waals surface area (Å²) in [5, 5.41) is 13.0. The molecule has 0 saturated carbocycles. The van der Waals surface area contributed by atoms with E-state index in [-0.39, 0.29) is 28.5 Å². The molecule has 0 spiro atoms. The second-order valence-corrected chi connectivity index (χ2v) is 6.06. The number of ether oxygens (including phenoxy) is 1. The average Bonchev–Trinajstić information content (AvgIpc) is 2.73. The number of H-pyrrole nitrogens is 1. The molecule has 0 amide bonds. The fourth-order valence-corrected chi connectivity index (χ4v) is 2.66. The van der Waals surface area contributed by atoms with Crippen molar-refractivity contribution in [1.29, 1.82) is 5.26 Å². The van der Waals surface area contributed by atoms with E-state index in [1.54, 1.807) is 36.4 Å². The number of methoxy groups -OCH3 is 1. The first-order chi connectivity index (χ1) is 14.7. The van der Waals surface area contributed by atoms with Gasteiger partial charge >= 0.3 is 6.18 Å². The molecular formula is C20H13F4N5O2. The lowest BCUT2D eigenvalue weighted by Crippen LogP contribution is -2.16. The number of anilines is 1. The Morgan fingerprint density at radius 3 is 2.58 bits per heavy atom. The minimum Gasteiger partial charge on any atom is -0.496 e. The molecule has 1 aromatic heterocycles. The van der Waals surface area contributed by atoms with Gasteiger partial charge in [-0.15, -0.1) is 0 Å². The third kappa shape index (κ3) is 4.69. The number of rotatable bonds is 5. The topological polar surface area (TPSA) is 103 Å². The molecule has 0 aliphatic rings. The van der Waals surface area contributed by atoms with Crippen LogP contribution in [0.15, 0.2) is 52.4 Å². The van der Waals surface area contributed by atoms with Crippen molar-refractivity contribution in [2.75, 3.05) is 12.5 Å². The van der Waals surface area contributed by atoms with Gasteiger partial charge in [-0.2, -0.15) is 23.5 Å². The lowest BCUT2D eigenvalue weighted by molar-refractivity contribution is -0.140. The summed E-state index contributed by atoms with van der Waals surface area (Å²) < 4.78 is 57.4. The molecule has 11 heteroatoms. The van der Waals surface area contributed by atoms with Gasteiger partial charge in [0.1, 0.15) is 23.2 Å². The molecule has 3 aromatic rings. The van der Waals surface area contributed by atoms with E-state index in [4.69, 9.17) is 4.74 Å². The number of benzene rings is 2. The summed E-state index contributed by atoms with van der Waals surface area (Å²) in [5.41, 5.74) is 0.404. The Hall–Kier alpha value is -4.20.